The van der Waals surface area contributed by atoms with E-state index in [9.17, 15) is 18.0 Å². The van der Waals surface area contributed by atoms with E-state index >= 15 is 0 Å². The first-order valence-electron chi connectivity index (χ1n) is 5.30. The smallest absolute Gasteiger partial charge is 0.361 e. The third kappa shape index (κ3) is 4.42. The van der Waals surface area contributed by atoms with Gasteiger partial charge >= 0.3 is 6.18 Å². The Morgan fingerprint density at radius 2 is 1.89 bits per heavy atom. The molecule has 0 saturated carbocycles. The molecule has 100 valence electrons. The van der Waals surface area contributed by atoms with Gasteiger partial charge < -0.3 is 4.74 Å². The SMILES string of the molecule is O=C(c1ccccc1)[C@H](OCCCBr)C(F)(F)F. The number of hydrogen-bond acceptors (Lipinski definition) is 2. The van der Waals surface area contributed by atoms with Gasteiger partial charge in [-0.05, 0) is 6.42 Å². The van der Waals surface area contributed by atoms with Crippen LogP contribution in [0.5, 0.6) is 0 Å². The Morgan fingerprint density at radius 3 is 2.39 bits per heavy atom. The van der Waals surface area contributed by atoms with Gasteiger partial charge in [-0.2, -0.15) is 13.2 Å². The molecule has 6 heteroatoms. The topological polar surface area (TPSA) is 26.3 Å². The van der Waals surface area contributed by atoms with Crippen LogP contribution in [0, 0.1) is 0 Å². The molecule has 0 N–H and O–H groups in total. The molecule has 0 bridgehead atoms. The predicted molar refractivity (Wildman–Crippen MR) is 65.0 cm³/mol. The highest BCUT2D eigenvalue weighted by molar-refractivity contribution is 9.09. The van der Waals surface area contributed by atoms with Gasteiger partial charge in [0.1, 0.15) is 0 Å². The number of benzene rings is 1. The molecule has 0 aliphatic rings. The summed E-state index contributed by atoms with van der Waals surface area (Å²) in [4.78, 5) is 11.7. The predicted octanol–water partition coefficient (Wildman–Crippen LogP) is 3.60. The lowest BCUT2D eigenvalue weighted by Crippen LogP contribution is -2.39. The fraction of sp³-hybridized carbons (Fsp3) is 0.417. The first-order valence-corrected chi connectivity index (χ1v) is 6.42. The van der Waals surface area contributed by atoms with E-state index in [2.05, 4.69) is 20.7 Å². The molecule has 0 radical (unpaired) electrons. The number of ether oxygens (including phenoxy) is 1. The fourth-order valence-corrected chi connectivity index (χ4v) is 1.56. The molecule has 0 aliphatic carbocycles. The van der Waals surface area contributed by atoms with Crippen molar-refractivity contribution in [3.63, 3.8) is 0 Å². The molecule has 0 unspecified atom stereocenters. The van der Waals surface area contributed by atoms with Gasteiger partial charge in [-0.25, -0.2) is 0 Å². The maximum Gasteiger partial charge on any atom is 0.422 e. The van der Waals surface area contributed by atoms with Gasteiger partial charge in [0.05, 0.1) is 0 Å². The summed E-state index contributed by atoms with van der Waals surface area (Å²) in [6.07, 6.45) is -6.67. The second kappa shape index (κ2) is 6.89. The lowest BCUT2D eigenvalue weighted by Gasteiger charge is -2.19. The number of Topliss-reactive ketones (excluding diaryl/α,β-unsaturated/α-hetero) is 1. The highest BCUT2D eigenvalue weighted by Gasteiger charge is 2.46. The molecule has 2 nitrogen and oxygen atoms in total. The molecular weight excluding hydrogens is 313 g/mol. The summed E-state index contributed by atoms with van der Waals surface area (Å²) in [7, 11) is 0. The van der Waals surface area contributed by atoms with Crippen molar-refractivity contribution in [1.29, 1.82) is 0 Å². The molecular formula is C12H12BrF3O2. The van der Waals surface area contributed by atoms with Crippen molar-refractivity contribution in [2.24, 2.45) is 0 Å². The minimum atomic E-state index is -4.70. The van der Waals surface area contributed by atoms with Gasteiger partial charge in [0.2, 0.25) is 11.9 Å². The number of hydrogen-bond donors (Lipinski definition) is 0. The highest BCUT2D eigenvalue weighted by atomic mass is 79.9. The normalized spacial score (nSPS) is 13.3. The van der Waals surface area contributed by atoms with E-state index in [0.717, 1.165) is 0 Å². The summed E-state index contributed by atoms with van der Waals surface area (Å²) in [5, 5.41) is 0.525. The average molecular weight is 325 g/mol. The molecule has 1 aromatic rings. The Hall–Kier alpha value is -0.880. The van der Waals surface area contributed by atoms with E-state index in [1.807, 2.05) is 0 Å². The zero-order valence-electron chi connectivity index (χ0n) is 9.41. The molecule has 1 rings (SSSR count). The van der Waals surface area contributed by atoms with Crippen molar-refractivity contribution in [3.8, 4) is 0 Å². The van der Waals surface area contributed by atoms with Gasteiger partial charge in [0, 0.05) is 17.5 Å². The van der Waals surface area contributed by atoms with Crippen molar-refractivity contribution in [2.75, 3.05) is 11.9 Å². The Kier molecular flexibility index (Phi) is 5.81. The lowest BCUT2D eigenvalue weighted by molar-refractivity contribution is -0.202. The first kappa shape index (κ1) is 15.2. The van der Waals surface area contributed by atoms with Crippen LogP contribution in [0.2, 0.25) is 0 Å². The van der Waals surface area contributed by atoms with Gasteiger partial charge in [0.25, 0.3) is 0 Å². The minimum Gasteiger partial charge on any atom is -0.361 e. The van der Waals surface area contributed by atoms with Crippen LogP contribution in [0.15, 0.2) is 30.3 Å². The number of rotatable bonds is 6. The quantitative estimate of drug-likeness (QED) is 0.454. The third-order valence-corrected chi connectivity index (χ3v) is 2.72. The molecule has 18 heavy (non-hydrogen) atoms. The van der Waals surface area contributed by atoms with E-state index in [-0.39, 0.29) is 12.2 Å². The number of carbonyl (C=O) groups excluding carboxylic acids is 1. The maximum absolute atomic E-state index is 12.7. The molecule has 0 aliphatic heterocycles. The summed E-state index contributed by atoms with van der Waals surface area (Å²) in [6.45, 7) is -0.117. The van der Waals surface area contributed by atoms with Crippen molar-refractivity contribution >= 4 is 21.7 Å². The van der Waals surface area contributed by atoms with Crippen LogP contribution >= 0.6 is 15.9 Å². The average Bonchev–Trinajstić information content (AvgIpc) is 2.33. The summed E-state index contributed by atoms with van der Waals surface area (Å²) in [5.41, 5.74) is -0.00123. The summed E-state index contributed by atoms with van der Waals surface area (Å²) in [5.74, 6) is -1.06. The van der Waals surface area contributed by atoms with Crippen LogP contribution in [-0.2, 0) is 4.74 Å². The van der Waals surface area contributed by atoms with Gasteiger partial charge in [0.15, 0.2) is 0 Å². The van der Waals surface area contributed by atoms with Crippen molar-refractivity contribution in [3.05, 3.63) is 35.9 Å². The van der Waals surface area contributed by atoms with Crippen molar-refractivity contribution < 1.29 is 22.7 Å². The Labute approximate surface area is 111 Å². The third-order valence-electron chi connectivity index (χ3n) is 2.16. The molecule has 0 fully saturated rings. The standard InChI is InChI=1S/C12H12BrF3O2/c13-7-4-8-18-11(12(14,15)16)10(17)9-5-2-1-3-6-9/h1-3,5-6,11H,4,7-8H2/t11-/m0/s1. The van der Waals surface area contributed by atoms with Crippen LogP contribution < -0.4 is 0 Å². The first-order chi connectivity index (χ1) is 8.46. The molecule has 0 amide bonds. The van der Waals surface area contributed by atoms with E-state index in [4.69, 9.17) is 0 Å². The Bertz CT molecular complexity index is 379. The largest absolute Gasteiger partial charge is 0.422 e. The molecule has 0 spiro atoms. The second-order valence-corrected chi connectivity index (χ2v) is 4.36. The van der Waals surface area contributed by atoms with E-state index in [1.54, 1.807) is 6.07 Å². The van der Waals surface area contributed by atoms with Crippen LogP contribution in [0.25, 0.3) is 0 Å². The molecule has 0 heterocycles. The molecule has 0 saturated heterocycles. The number of ketones is 1. The summed E-state index contributed by atoms with van der Waals surface area (Å²) in [6, 6.07) is 7.34. The minimum absolute atomic E-state index is 0.00123. The highest BCUT2D eigenvalue weighted by Crippen LogP contribution is 2.26. The number of halogens is 4. The number of carbonyl (C=O) groups is 1. The van der Waals surface area contributed by atoms with E-state index in [1.165, 1.54) is 24.3 Å². The van der Waals surface area contributed by atoms with Crippen LogP contribution in [0.4, 0.5) is 13.2 Å². The Morgan fingerprint density at radius 1 is 1.28 bits per heavy atom. The van der Waals surface area contributed by atoms with Crippen LogP contribution in [0.3, 0.4) is 0 Å². The Balaban J connectivity index is 2.80. The van der Waals surface area contributed by atoms with E-state index < -0.39 is 18.1 Å². The second-order valence-electron chi connectivity index (χ2n) is 3.57. The molecule has 0 aromatic heterocycles. The van der Waals surface area contributed by atoms with Crippen molar-refractivity contribution in [2.45, 2.75) is 18.7 Å². The van der Waals surface area contributed by atoms with E-state index in [0.29, 0.717) is 11.8 Å². The monoisotopic (exact) mass is 324 g/mol. The maximum atomic E-state index is 12.7. The number of alkyl halides is 4. The zero-order valence-corrected chi connectivity index (χ0v) is 11.0. The van der Waals surface area contributed by atoms with Gasteiger partial charge in [-0.3, -0.25) is 4.79 Å². The summed E-state index contributed by atoms with van der Waals surface area (Å²) < 4.78 is 42.8. The summed E-state index contributed by atoms with van der Waals surface area (Å²) >= 11 is 3.09. The molecule has 1 aromatic carbocycles. The van der Waals surface area contributed by atoms with Gasteiger partial charge in [-0.1, -0.05) is 46.3 Å². The van der Waals surface area contributed by atoms with Crippen LogP contribution in [-0.4, -0.2) is 30.0 Å². The molecule has 1 atom stereocenters. The lowest BCUT2D eigenvalue weighted by atomic mass is 10.1. The van der Waals surface area contributed by atoms with Crippen LogP contribution in [0.1, 0.15) is 16.8 Å². The van der Waals surface area contributed by atoms with Crippen molar-refractivity contribution in [1.82, 2.24) is 0 Å². The van der Waals surface area contributed by atoms with Gasteiger partial charge in [-0.15, -0.1) is 0 Å². The fourth-order valence-electron chi connectivity index (χ4n) is 1.33. The zero-order chi connectivity index (χ0) is 13.6.